The Labute approximate surface area is 198 Å². The average molecular weight is 473 g/mol. The lowest BCUT2D eigenvalue weighted by Crippen LogP contribution is -2.40. The number of benzene rings is 2. The third kappa shape index (κ3) is 5.24. The number of amides is 1. The fourth-order valence-corrected chi connectivity index (χ4v) is 4.81. The zero-order valence-electron chi connectivity index (χ0n) is 19.4. The van der Waals surface area contributed by atoms with Crippen LogP contribution >= 0.6 is 0 Å². The predicted octanol–water partition coefficient (Wildman–Crippen LogP) is 5.20. The van der Waals surface area contributed by atoms with Gasteiger partial charge in [-0.3, -0.25) is 9.69 Å². The largest absolute Gasteiger partial charge is 0.493 e. The molecule has 2 aromatic carbocycles. The Morgan fingerprint density at radius 3 is 2.59 bits per heavy atom. The molecule has 5 rings (SSSR count). The summed E-state index contributed by atoms with van der Waals surface area (Å²) in [6, 6.07) is 14.1. The maximum Gasteiger partial charge on any atom is 0.255 e. The first-order valence-corrected chi connectivity index (χ1v) is 12.1. The van der Waals surface area contributed by atoms with E-state index in [9.17, 15) is 18.0 Å². The number of nitrogens with zero attached hydrogens (tertiary/aromatic N) is 1. The van der Waals surface area contributed by atoms with Gasteiger partial charge in [0.25, 0.3) is 5.92 Å². The number of rotatable bonds is 8. The van der Waals surface area contributed by atoms with Crippen molar-refractivity contribution >= 4 is 5.91 Å². The lowest BCUT2D eigenvalue weighted by atomic mass is 9.82. The fraction of sp³-hybridized carbons (Fsp3) is 0.519. The van der Waals surface area contributed by atoms with E-state index >= 15 is 0 Å². The second-order valence-electron chi connectivity index (χ2n) is 10.1. The number of hydrogen-bond donors (Lipinski definition) is 1. The van der Waals surface area contributed by atoms with Gasteiger partial charge in [-0.15, -0.1) is 0 Å². The lowest BCUT2D eigenvalue weighted by molar-refractivity contribution is -0.130. The van der Waals surface area contributed by atoms with E-state index < -0.39 is 18.0 Å². The van der Waals surface area contributed by atoms with E-state index in [1.54, 1.807) is 0 Å². The summed E-state index contributed by atoms with van der Waals surface area (Å²) in [4.78, 5) is 14.6. The van der Waals surface area contributed by atoms with Gasteiger partial charge in [-0.25, -0.2) is 13.2 Å². The summed E-state index contributed by atoms with van der Waals surface area (Å²) in [5.41, 5.74) is 4.71. The van der Waals surface area contributed by atoms with Gasteiger partial charge in [-0.2, -0.15) is 0 Å². The van der Waals surface area contributed by atoms with E-state index in [4.69, 9.17) is 4.74 Å². The molecule has 1 unspecified atom stereocenters. The number of nitrogens with one attached hydrogen (secondary N) is 1. The zero-order chi connectivity index (χ0) is 23.9. The van der Waals surface area contributed by atoms with Crippen molar-refractivity contribution in [3.05, 3.63) is 64.7 Å². The molecule has 0 saturated heterocycles. The molecule has 1 N–H and O–H groups in total. The standard InChI is InChI=1S/C27H31F3N2O2/c1-17(31-26(33)22-10-24(28)11-22)19-4-2-18(3-5-19)14-32-9-8-20-12-25(7-6-21(20)15-32)34-16-23-13-27(23,29)30/h2-7,12,17,22-24H,8-11,13-16H2,1H3,(H,31,33)/t17-,22-,23?,24+/m0/s1. The van der Waals surface area contributed by atoms with Gasteiger partial charge in [-0.05, 0) is 60.6 Å². The first kappa shape index (κ1) is 23.2. The van der Waals surface area contributed by atoms with Crippen LogP contribution in [0.15, 0.2) is 42.5 Å². The second-order valence-corrected chi connectivity index (χ2v) is 10.1. The van der Waals surface area contributed by atoms with Gasteiger partial charge in [0.2, 0.25) is 5.91 Å². The average Bonchev–Trinajstić information content (AvgIpc) is 3.42. The van der Waals surface area contributed by atoms with Crippen molar-refractivity contribution in [3.63, 3.8) is 0 Å². The van der Waals surface area contributed by atoms with E-state index in [-0.39, 0.29) is 30.9 Å². The Kier molecular flexibility index (Phi) is 6.32. The van der Waals surface area contributed by atoms with Gasteiger partial charge in [0.1, 0.15) is 11.9 Å². The highest BCUT2D eigenvalue weighted by molar-refractivity contribution is 5.80. The molecule has 0 spiro atoms. The smallest absolute Gasteiger partial charge is 0.255 e. The number of alkyl halides is 3. The molecule has 7 heteroatoms. The first-order valence-electron chi connectivity index (χ1n) is 12.1. The molecule has 0 radical (unpaired) electrons. The van der Waals surface area contributed by atoms with Crippen molar-refractivity contribution in [1.29, 1.82) is 0 Å². The maximum absolute atomic E-state index is 13.0. The van der Waals surface area contributed by atoms with Crippen LogP contribution < -0.4 is 10.1 Å². The van der Waals surface area contributed by atoms with Crippen LogP contribution in [0, 0.1) is 11.8 Å². The molecule has 1 aliphatic heterocycles. The molecule has 0 bridgehead atoms. The molecule has 0 aromatic heterocycles. The Morgan fingerprint density at radius 1 is 1.18 bits per heavy atom. The lowest BCUT2D eigenvalue weighted by Gasteiger charge is -2.30. The quantitative estimate of drug-likeness (QED) is 0.574. The van der Waals surface area contributed by atoms with E-state index in [1.807, 2.05) is 37.3 Å². The van der Waals surface area contributed by atoms with Crippen LogP contribution in [-0.4, -0.2) is 36.1 Å². The van der Waals surface area contributed by atoms with Gasteiger partial charge >= 0.3 is 0 Å². The summed E-state index contributed by atoms with van der Waals surface area (Å²) in [6.07, 6.45) is 0.677. The summed E-state index contributed by atoms with van der Waals surface area (Å²) < 4.78 is 44.7. The highest BCUT2D eigenvalue weighted by Gasteiger charge is 2.57. The van der Waals surface area contributed by atoms with Gasteiger partial charge in [0.05, 0.1) is 18.6 Å². The third-order valence-electron chi connectivity index (χ3n) is 7.37. The molecule has 2 aromatic rings. The summed E-state index contributed by atoms with van der Waals surface area (Å²) in [5, 5.41) is 2.99. The molecule has 2 saturated carbocycles. The van der Waals surface area contributed by atoms with Gasteiger partial charge in [-0.1, -0.05) is 30.3 Å². The monoisotopic (exact) mass is 472 g/mol. The van der Waals surface area contributed by atoms with E-state index in [0.29, 0.717) is 18.6 Å². The molecule has 4 nitrogen and oxygen atoms in total. The second kappa shape index (κ2) is 9.25. The first-order chi connectivity index (χ1) is 16.3. The Morgan fingerprint density at radius 2 is 1.91 bits per heavy atom. The van der Waals surface area contributed by atoms with E-state index in [1.165, 1.54) is 16.7 Å². The maximum atomic E-state index is 13.0. The Hall–Kier alpha value is -2.54. The number of fused-ring (bicyclic) bond motifs is 1. The van der Waals surface area contributed by atoms with Crippen molar-refractivity contribution in [2.24, 2.45) is 11.8 Å². The van der Waals surface area contributed by atoms with Gasteiger partial charge in [0.15, 0.2) is 0 Å². The minimum atomic E-state index is -2.55. The number of carbonyl (C=O) groups is 1. The van der Waals surface area contributed by atoms with Crippen LogP contribution in [-0.2, 0) is 24.3 Å². The highest BCUT2D eigenvalue weighted by Crippen LogP contribution is 2.48. The minimum Gasteiger partial charge on any atom is -0.493 e. The van der Waals surface area contributed by atoms with E-state index in [2.05, 4.69) is 22.3 Å². The number of carbonyl (C=O) groups excluding carboxylic acids is 1. The van der Waals surface area contributed by atoms with Crippen LogP contribution in [0.3, 0.4) is 0 Å². The molecule has 1 amide bonds. The molecule has 2 aliphatic carbocycles. The number of halogens is 3. The Balaban J connectivity index is 1.11. The summed E-state index contributed by atoms with van der Waals surface area (Å²) >= 11 is 0. The summed E-state index contributed by atoms with van der Waals surface area (Å²) in [6.45, 7) is 4.61. The SMILES string of the molecule is C[C@H](NC(=O)[C@H]1C[C@@H](F)C1)c1ccc(CN2CCc3cc(OCC4CC4(F)F)ccc3C2)cc1. The number of hydrogen-bond acceptors (Lipinski definition) is 3. The van der Waals surface area contributed by atoms with Crippen LogP contribution in [0.2, 0.25) is 0 Å². The predicted molar refractivity (Wildman–Crippen MR) is 123 cm³/mol. The van der Waals surface area contributed by atoms with E-state index in [0.717, 1.165) is 31.6 Å². The van der Waals surface area contributed by atoms with Crippen LogP contribution in [0.25, 0.3) is 0 Å². The fourth-order valence-electron chi connectivity index (χ4n) is 4.81. The number of ether oxygens (including phenoxy) is 1. The van der Waals surface area contributed by atoms with Gasteiger partial charge in [0, 0.05) is 32.0 Å². The van der Waals surface area contributed by atoms with Crippen molar-refractivity contribution < 1.29 is 22.7 Å². The van der Waals surface area contributed by atoms with Crippen LogP contribution in [0.1, 0.15) is 54.5 Å². The molecule has 34 heavy (non-hydrogen) atoms. The minimum absolute atomic E-state index is 0.0588. The highest BCUT2D eigenvalue weighted by atomic mass is 19.3. The molecular weight excluding hydrogens is 441 g/mol. The van der Waals surface area contributed by atoms with Gasteiger partial charge < -0.3 is 10.1 Å². The van der Waals surface area contributed by atoms with Crippen molar-refractivity contribution in [3.8, 4) is 5.75 Å². The molecule has 3 aliphatic rings. The van der Waals surface area contributed by atoms with Crippen molar-refractivity contribution in [2.45, 2.75) is 63.8 Å². The molecule has 182 valence electrons. The molecule has 2 fully saturated rings. The molecule has 2 atom stereocenters. The molecule has 1 heterocycles. The van der Waals surface area contributed by atoms with Crippen molar-refractivity contribution in [1.82, 2.24) is 10.2 Å². The molecular formula is C27H31F3N2O2. The van der Waals surface area contributed by atoms with Crippen LogP contribution in [0.5, 0.6) is 5.75 Å². The normalized spacial score (nSPS) is 26.2. The zero-order valence-corrected chi connectivity index (χ0v) is 19.4. The summed E-state index contributed by atoms with van der Waals surface area (Å²) in [5.74, 6) is -2.76. The topological polar surface area (TPSA) is 41.6 Å². The van der Waals surface area contributed by atoms with Crippen LogP contribution in [0.4, 0.5) is 13.2 Å². The third-order valence-corrected chi connectivity index (χ3v) is 7.37. The Bertz CT molecular complexity index is 1040. The van der Waals surface area contributed by atoms with Crippen molar-refractivity contribution in [2.75, 3.05) is 13.2 Å². The summed E-state index contributed by atoms with van der Waals surface area (Å²) in [7, 11) is 0.